The summed E-state index contributed by atoms with van der Waals surface area (Å²) in [7, 11) is 0. The Hall–Kier alpha value is -3.02. The Bertz CT molecular complexity index is 816. The van der Waals surface area contributed by atoms with Gasteiger partial charge in [0, 0.05) is 11.1 Å². The van der Waals surface area contributed by atoms with Crippen molar-refractivity contribution in [1.29, 1.82) is 0 Å². The van der Waals surface area contributed by atoms with Crippen molar-refractivity contribution in [1.82, 2.24) is 0 Å². The van der Waals surface area contributed by atoms with Crippen molar-refractivity contribution in [2.45, 2.75) is 13.8 Å². The molecule has 4 rings (SSSR count). The minimum Gasteiger partial charge on any atom is -0.486 e. The summed E-state index contributed by atoms with van der Waals surface area (Å²) >= 11 is 0. The zero-order valence-electron chi connectivity index (χ0n) is 14.8. The van der Waals surface area contributed by atoms with Gasteiger partial charge in [-0.25, -0.2) is 0 Å². The lowest BCUT2D eigenvalue weighted by Gasteiger charge is -2.19. The van der Waals surface area contributed by atoms with Crippen LogP contribution >= 0.6 is 0 Å². The molecule has 2 aliphatic rings. The number of hydrogen-bond acceptors (Lipinski definition) is 6. The maximum Gasteiger partial charge on any atom is 0.162 e. The highest BCUT2D eigenvalue weighted by Crippen LogP contribution is 2.32. The van der Waals surface area contributed by atoms with Crippen molar-refractivity contribution in [2.75, 3.05) is 26.4 Å². The van der Waals surface area contributed by atoms with Gasteiger partial charge < -0.3 is 18.9 Å². The van der Waals surface area contributed by atoms with Crippen LogP contribution < -0.4 is 18.9 Å². The molecule has 2 aliphatic heterocycles. The maximum absolute atomic E-state index is 5.62. The van der Waals surface area contributed by atoms with Crippen molar-refractivity contribution in [2.24, 2.45) is 10.2 Å². The summed E-state index contributed by atoms with van der Waals surface area (Å²) in [6.45, 7) is 6.14. The molecule has 6 nitrogen and oxygen atoms in total. The van der Waals surface area contributed by atoms with E-state index in [9.17, 15) is 0 Å². The molecule has 0 saturated heterocycles. The van der Waals surface area contributed by atoms with Gasteiger partial charge in [-0.05, 0) is 50.2 Å². The Morgan fingerprint density at radius 1 is 0.615 bits per heavy atom. The number of rotatable bonds is 3. The molecular weight excluding hydrogens is 332 g/mol. The molecule has 0 atom stereocenters. The molecule has 0 saturated carbocycles. The van der Waals surface area contributed by atoms with Gasteiger partial charge in [0.1, 0.15) is 26.4 Å². The number of ether oxygens (including phenoxy) is 4. The molecule has 2 aromatic carbocycles. The molecule has 0 unspecified atom stereocenters. The van der Waals surface area contributed by atoms with E-state index in [-0.39, 0.29) is 0 Å². The predicted octanol–water partition coefficient (Wildman–Crippen LogP) is 3.46. The molecule has 6 heteroatoms. The molecule has 2 heterocycles. The summed E-state index contributed by atoms with van der Waals surface area (Å²) in [4.78, 5) is 0. The van der Waals surface area contributed by atoms with Gasteiger partial charge in [-0.3, -0.25) is 0 Å². The number of benzene rings is 2. The lowest BCUT2D eigenvalue weighted by atomic mass is 10.1. The average Bonchev–Trinajstić information content (AvgIpc) is 2.71. The van der Waals surface area contributed by atoms with Gasteiger partial charge in [0.25, 0.3) is 0 Å². The fraction of sp³-hybridized carbons (Fsp3) is 0.300. The molecule has 0 amide bonds. The highest BCUT2D eigenvalue weighted by Gasteiger charge is 2.14. The first-order valence-electron chi connectivity index (χ1n) is 8.59. The van der Waals surface area contributed by atoms with Crippen LogP contribution in [0.1, 0.15) is 25.0 Å². The van der Waals surface area contributed by atoms with Crippen LogP contribution in [0, 0.1) is 0 Å². The van der Waals surface area contributed by atoms with Crippen LogP contribution in [0.15, 0.2) is 46.6 Å². The van der Waals surface area contributed by atoms with E-state index >= 15 is 0 Å². The fourth-order valence-electron chi connectivity index (χ4n) is 2.80. The van der Waals surface area contributed by atoms with E-state index in [4.69, 9.17) is 18.9 Å². The van der Waals surface area contributed by atoms with Gasteiger partial charge >= 0.3 is 0 Å². The van der Waals surface area contributed by atoms with Gasteiger partial charge in [0.15, 0.2) is 23.0 Å². The quantitative estimate of drug-likeness (QED) is 0.627. The highest BCUT2D eigenvalue weighted by molar-refractivity contribution is 6.02. The number of hydrogen-bond donors (Lipinski definition) is 0. The normalized spacial score (nSPS) is 16.4. The van der Waals surface area contributed by atoms with Gasteiger partial charge in [0.05, 0.1) is 11.4 Å². The average molecular weight is 352 g/mol. The SMILES string of the molecule is CC(=NN=C(C)c1ccc2c(c1)OCCO2)c1ccc2c(c1)OCCO2. The predicted molar refractivity (Wildman–Crippen MR) is 99.3 cm³/mol. The Kier molecular flexibility index (Phi) is 4.48. The lowest BCUT2D eigenvalue weighted by Crippen LogP contribution is -2.15. The first kappa shape index (κ1) is 16.4. The summed E-state index contributed by atoms with van der Waals surface area (Å²) in [5, 5.41) is 8.74. The summed E-state index contributed by atoms with van der Waals surface area (Å²) in [6.07, 6.45) is 0. The van der Waals surface area contributed by atoms with Gasteiger partial charge in [-0.2, -0.15) is 10.2 Å². The van der Waals surface area contributed by atoms with Crippen LogP contribution in [-0.4, -0.2) is 37.9 Å². The van der Waals surface area contributed by atoms with Crippen LogP contribution in [0.4, 0.5) is 0 Å². The first-order chi connectivity index (χ1) is 12.7. The van der Waals surface area contributed by atoms with E-state index in [1.165, 1.54) is 0 Å². The van der Waals surface area contributed by atoms with Crippen molar-refractivity contribution in [3.05, 3.63) is 47.5 Å². The molecule has 2 aromatic rings. The number of nitrogens with zero attached hydrogens (tertiary/aromatic N) is 2. The Morgan fingerprint density at radius 2 is 1.00 bits per heavy atom. The molecule has 26 heavy (non-hydrogen) atoms. The molecule has 0 radical (unpaired) electrons. The molecule has 0 bridgehead atoms. The largest absolute Gasteiger partial charge is 0.486 e. The summed E-state index contributed by atoms with van der Waals surface area (Å²) < 4.78 is 22.3. The summed E-state index contributed by atoms with van der Waals surface area (Å²) in [5.41, 5.74) is 3.51. The highest BCUT2D eigenvalue weighted by atomic mass is 16.6. The molecule has 0 fully saturated rings. The lowest BCUT2D eigenvalue weighted by molar-refractivity contribution is 0.171. The van der Waals surface area contributed by atoms with E-state index in [0.29, 0.717) is 26.4 Å². The molecule has 0 aromatic heterocycles. The zero-order valence-corrected chi connectivity index (χ0v) is 14.8. The Balaban J connectivity index is 1.55. The van der Waals surface area contributed by atoms with E-state index in [2.05, 4.69) is 10.2 Å². The molecule has 0 N–H and O–H groups in total. The third-order valence-electron chi connectivity index (χ3n) is 4.27. The summed E-state index contributed by atoms with van der Waals surface area (Å²) in [5.74, 6) is 3.03. The Morgan fingerprint density at radius 3 is 1.42 bits per heavy atom. The second-order valence-electron chi connectivity index (χ2n) is 6.09. The van der Waals surface area contributed by atoms with E-state index < -0.39 is 0 Å². The molecule has 134 valence electrons. The smallest absolute Gasteiger partial charge is 0.162 e. The third kappa shape index (κ3) is 3.35. The van der Waals surface area contributed by atoms with Crippen molar-refractivity contribution >= 4 is 11.4 Å². The second kappa shape index (κ2) is 7.07. The monoisotopic (exact) mass is 352 g/mol. The first-order valence-corrected chi connectivity index (χ1v) is 8.59. The van der Waals surface area contributed by atoms with E-state index in [1.807, 2.05) is 50.2 Å². The maximum atomic E-state index is 5.62. The van der Waals surface area contributed by atoms with Gasteiger partial charge in [-0.1, -0.05) is 0 Å². The van der Waals surface area contributed by atoms with Crippen LogP contribution in [0.25, 0.3) is 0 Å². The van der Waals surface area contributed by atoms with E-state index in [1.54, 1.807) is 0 Å². The van der Waals surface area contributed by atoms with Crippen molar-refractivity contribution in [3.8, 4) is 23.0 Å². The Labute approximate surface area is 152 Å². The van der Waals surface area contributed by atoms with Crippen molar-refractivity contribution < 1.29 is 18.9 Å². The second-order valence-corrected chi connectivity index (χ2v) is 6.09. The topological polar surface area (TPSA) is 61.6 Å². The van der Waals surface area contributed by atoms with Crippen LogP contribution in [0.5, 0.6) is 23.0 Å². The molecule has 0 spiro atoms. The zero-order chi connectivity index (χ0) is 17.9. The van der Waals surface area contributed by atoms with E-state index in [0.717, 1.165) is 45.5 Å². The van der Waals surface area contributed by atoms with Crippen LogP contribution in [0.3, 0.4) is 0 Å². The summed E-state index contributed by atoms with van der Waals surface area (Å²) in [6, 6.07) is 11.6. The third-order valence-corrected chi connectivity index (χ3v) is 4.27. The molecule has 0 aliphatic carbocycles. The van der Waals surface area contributed by atoms with Gasteiger partial charge in [-0.15, -0.1) is 0 Å². The standard InChI is InChI=1S/C20H20N2O4/c1-13(15-3-5-17-19(11-15)25-9-7-23-17)21-22-14(2)16-4-6-18-20(12-16)26-10-8-24-18/h3-6,11-12H,7-10H2,1-2H3. The molecular formula is C20H20N2O4. The fourth-order valence-corrected chi connectivity index (χ4v) is 2.80. The minimum absolute atomic E-state index is 0.564. The van der Waals surface area contributed by atoms with Crippen LogP contribution in [0.2, 0.25) is 0 Å². The number of fused-ring (bicyclic) bond motifs is 2. The minimum atomic E-state index is 0.564. The van der Waals surface area contributed by atoms with Crippen LogP contribution in [-0.2, 0) is 0 Å². The van der Waals surface area contributed by atoms with Gasteiger partial charge in [0.2, 0.25) is 0 Å². The van der Waals surface area contributed by atoms with Crippen molar-refractivity contribution in [3.63, 3.8) is 0 Å².